The van der Waals surface area contributed by atoms with E-state index in [1.54, 1.807) is 4.90 Å². The first-order chi connectivity index (χ1) is 11.7. The number of anilines is 1. The number of hydrogen-bond donors (Lipinski definition) is 3. The number of nitrogens with one attached hydrogen (secondary N) is 3. The van der Waals surface area contributed by atoms with Crippen molar-refractivity contribution >= 4 is 33.5 Å². The molecular weight excluding hydrogens is 302 g/mol. The molecule has 124 valence electrons. The highest BCUT2D eigenvalue weighted by Gasteiger charge is 2.22. The van der Waals surface area contributed by atoms with Crippen LogP contribution < -0.4 is 15.1 Å². The Kier molecular flexibility index (Phi) is 3.96. The lowest BCUT2D eigenvalue weighted by Gasteiger charge is -2.26. The molecule has 0 aliphatic carbocycles. The van der Waals surface area contributed by atoms with Gasteiger partial charge in [-0.15, -0.1) is 0 Å². The van der Waals surface area contributed by atoms with Crippen molar-refractivity contribution in [3.05, 3.63) is 42.5 Å². The lowest BCUT2D eigenvalue weighted by Crippen LogP contribution is -3.27. The van der Waals surface area contributed by atoms with Gasteiger partial charge in [0.15, 0.2) is 6.54 Å². The number of piperazine rings is 1. The Labute approximate surface area is 140 Å². The average Bonchev–Trinajstić information content (AvgIpc) is 2.95. The fourth-order valence-corrected chi connectivity index (χ4v) is 3.44. The molecule has 3 aromatic rings. The number of likely N-dealkylation sites (N-methyl/N-ethyl adjacent to an activating group) is 1. The summed E-state index contributed by atoms with van der Waals surface area (Å²) in [5.74, 6) is 0.0803. The molecule has 1 aliphatic heterocycles. The molecule has 1 amide bonds. The zero-order chi connectivity index (χ0) is 16.5. The maximum Gasteiger partial charge on any atom is 0.279 e. The number of furan rings is 1. The van der Waals surface area contributed by atoms with Gasteiger partial charge in [0, 0.05) is 16.5 Å². The quantitative estimate of drug-likeness (QED) is 0.632. The van der Waals surface area contributed by atoms with Crippen LogP contribution in [0.25, 0.3) is 21.9 Å². The molecule has 1 aromatic heterocycles. The molecule has 0 spiro atoms. The van der Waals surface area contributed by atoms with Gasteiger partial charge in [0.2, 0.25) is 0 Å². The van der Waals surface area contributed by atoms with E-state index in [2.05, 4.69) is 12.4 Å². The van der Waals surface area contributed by atoms with Gasteiger partial charge in [0.25, 0.3) is 5.91 Å². The first-order valence-corrected chi connectivity index (χ1v) is 8.55. The molecule has 24 heavy (non-hydrogen) atoms. The second-order valence-electron chi connectivity index (χ2n) is 6.74. The Hall–Kier alpha value is -2.37. The second-order valence-corrected chi connectivity index (χ2v) is 6.74. The molecule has 0 radical (unpaired) electrons. The van der Waals surface area contributed by atoms with Gasteiger partial charge < -0.3 is 19.5 Å². The van der Waals surface area contributed by atoms with Crippen LogP contribution in [-0.2, 0) is 4.79 Å². The summed E-state index contributed by atoms with van der Waals surface area (Å²) in [6.07, 6.45) is 0. The van der Waals surface area contributed by atoms with E-state index in [-0.39, 0.29) is 5.91 Å². The second kappa shape index (κ2) is 6.26. The monoisotopic (exact) mass is 325 g/mol. The minimum Gasteiger partial charge on any atom is -0.456 e. The van der Waals surface area contributed by atoms with Crippen molar-refractivity contribution in [2.24, 2.45) is 0 Å². The number of fused-ring (bicyclic) bond motifs is 3. The molecule has 1 fully saturated rings. The minimum absolute atomic E-state index is 0.0803. The number of amides is 1. The molecule has 2 aromatic carbocycles. The average molecular weight is 325 g/mol. The number of benzene rings is 2. The van der Waals surface area contributed by atoms with Crippen molar-refractivity contribution in [2.45, 2.75) is 0 Å². The summed E-state index contributed by atoms with van der Waals surface area (Å²) < 4.78 is 5.82. The zero-order valence-electron chi connectivity index (χ0n) is 13.9. The number of hydrogen-bond acceptors (Lipinski definition) is 2. The van der Waals surface area contributed by atoms with E-state index in [0.29, 0.717) is 6.54 Å². The van der Waals surface area contributed by atoms with Gasteiger partial charge >= 0.3 is 0 Å². The summed E-state index contributed by atoms with van der Waals surface area (Å²) in [6.45, 7) is 4.93. The van der Waals surface area contributed by atoms with Gasteiger partial charge in [-0.3, -0.25) is 4.79 Å². The molecule has 5 nitrogen and oxygen atoms in total. The number of carbonyl (C=O) groups is 1. The van der Waals surface area contributed by atoms with E-state index in [4.69, 9.17) is 4.42 Å². The summed E-state index contributed by atoms with van der Waals surface area (Å²) in [5.41, 5.74) is 2.56. The lowest BCUT2D eigenvalue weighted by molar-refractivity contribution is -0.999. The third-order valence-corrected chi connectivity index (χ3v) is 4.88. The van der Waals surface area contributed by atoms with Gasteiger partial charge in [-0.2, -0.15) is 0 Å². The predicted molar refractivity (Wildman–Crippen MR) is 94.5 cm³/mol. The molecule has 0 unspecified atom stereocenters. The van der Waals surface area contributed by atoms with Gasteiger partial charge in [-0.25, -0.2) is 0 Å². The summed E-state index contributed by atoms with van der Waals surface area (Å²) in [7, 11) is 2.21. The minimum atomic E-state index is 0.0803. The third-order valence-electron chi connectivity index (χ3n) is 4.88. The van der Waals surface area contributed by atoms with Crippen LogP contribution in [0, 0.1) is 0 Å². The maximum atomic E-state index is 12.3. The van der Waals surface area contributed by atoms with Crippen LogP contribution in [0.3, 0.4) is 0 Å². The van der Waals surface area contributed by atoms with Crippen molar-refractivity contribution in [1.82, 2.24) is 0 Å². The fourth-order valence-electron chi connectivity index (χ4n) is 3.44. The van der Waals surface area contributed by atoms with Crippen LogP contribution in [0.5, 0.6) is 0 Å². The van der Waals surface area contributed by atoms with Crippen molar-refractivity contribution in [3.63, 3.8) is 0 Å². The molecule has 4 rings (SSSR count). The molecule has 1 aliphatic rings. The Morgan fingerprint density at radius 3 is 2.62 bits per heavy atom. The standard InChI is InChI=1S/C19H21N3O2/c1-21-8-10-22(11-9-21)13-19(23)20-14-6-7-18-16(12-14)15-4-2-3-5-17(15)24-18/h2-7,12H,8-11,13H2,1H3,(H,20,23)/p+2. The summed E-state index contributed by atoms with van der Waals surface area (Å²) in [4.78, 5) is 15.3. The molecular formula is C19H23N3O2+2. The van der Waals surface area contributed by atoms with Gasteiger partial charge in [-0.1, -0.05) is 18.2 Å². The number of rotatable bonds is 3. The zero-order valence-corrected chi connectivity index (χ0v) is 13.9. The highest BCUT2D eigenvalue weighted by atomic mass is 16.3. The van der Waals surface area contributed by atoms with Crippen LogP contribution in [0.4, 0.5) is 5.69 Å². The van der Waals surface area contributed by atoms with Crippen LogP contribution >= 0.6 is 0 Å². The molecule has 1 saturated heterocycles. The Morgan fingerprint density at radius 2 is 1.79 bits per heavy atom. The number of para-hydroxylation sites is 1. The summed E-state index contributed by atoms with van der Waals surface area (Å²) in [5, 5.41) is 5.16. The Morgan fingerprint density at radius 1 is 1.04 bits per heavy atom. The maximum absolute atomic E-state index is 12.3. The Balaban J connectivity index is 1.49. The van der Waals surface area contributed by atoms with E-state index in [1.807, 2.05) is 42.5 Å². The molecule has 0 atom stereocenters. The predicted octanol–water partition coefficient (Wildman–Crippen LogP) is -0.0623. The SMILES string of the molecule is C[NH+]1CC[NH+](CC(=O)Nc2ccc3oc4ccccc4c3c2)CC1. The van der Waals surface area contributed by atoms with E-state index in [0.717, 1.165) is 53.8 Å². The first-order valence-electron chi connectivity index (χ1n) is 8.55. The van der Waals surface area contributed by atoms with Crippen molar-refractivity contribution in [3.8, 4) is 0 Å². The van der Waals surface area contributed by atoms with Gasteiger partial charge in [0.05, 0.1) is 7.05 Å². The topological polar surface area (TPSA) is 51.1 Å². The van der Waals surface area contributed by atoms with Crippen LogP contribution in [-0.4, -0.2) is 45.7 Å². The van der Waals surface area contributed by atoms with Gasteiger partial charge in [-0.05, 0) is 24.3 Å². The van der Waals surface area contributed by atoms with Crippen molar-refractivity contribution in [1.29, 1.82) is 0 Å². The smallest absolute Gasteiger partial charge is 0.279 e. The van der Waals surface area contributed by atoms with E-state index in [9.17, 15) is 4.79 Å². The molecule has 2 heterocycles. The molecule has 5 heteroatoms. The number of carbonyl (C=O) groups excluding carboxylic acids is 1. The van der Waals surface area contributed by atoms with Crippen molar-refractivity contribution < 1.29 is 19.0 Å². The lowest BCUT2D eigenvalue weighted by atomic mass is 10.1. The van der Waals surface area contributed by atoms with E-state index in [1.165, 1.54) is 4.90 Å². The van der Waals surface area contributed by atoms with E-state index < -0.39 is 0 Å². The summed E-state index contributed by atoms with van der Waals surface area (Å²) in [6, 6.07) is 13.8. The van der Waals surface area contributed by atoms with Crippen molar-refractivity contribution in [2.75, 3.05) is 45.1 Å². The third kappa shape index (κ3) is 3.00. The Bertz CT molecular complexity index is 879. The van der Waals surface area contributed by atoms with Crippen LogP contribution in [0.2, 0.25) is 0 Å². The van der Waals surface area contributed by atoms with Gasteiger partial charge in [0.1, 0.15) is 37.3 Å². The highest BCUT2D eigenvalue weighted by Crippen LogP contribution is 2.30. The fraction of sp³-hybridized carbons (Fsp3) is 0.316. The number of quaternary nitrogens is 2. The van der Waals surface area contributed by atoms with Crippen LogP contribution in [0.15, 0.2) is 46.9 Å². The molecule has 0 saturated carbocycles. The largest absolute Gasteiger partial charge is 0.456 e. The highest BCUT2D eigenvalue weighted by molar-refractivity contribution is 6.06. The molecule has 3 N–H and O–H groups in total. The summed E-state index contributed by atoms with van der Waals surface area (Å²) >= 11 is 0. The van der Waals surface area contributed by atoms with Crippen LogP contribution in [0.1, 0.15) is 0 Å². The first kappa shape index (κ1) is 15.2. The van der Waals surface area contributed by atoms with E-state index >= 15 is 0 Å². The molecule has 0 bridgehead atoms. The normalized spacial score (nSPS) is 21.2.